The van der Waals surface area contributed by atoms with Crippen LogP contribution in [0.3, 0.4) is 0 Å². The maximum Gasteiger partial charge on any atom is 0.338 e. The second-order valence-electron chi connectivity index (χ2n) is 8.45. The van der Waals surface area contributed by atoms with E-state index in [-0.39, 0.29) is 5.97 Å². The molecule has 0 unspecified atom stereocenters. The second-order valence-corrected chi connectivity index (χ2v) is 8.45. The highest BCUT2D eigenvalue weighted by Gasteiger charge is 2.09. The van der Waals surface area contributed by atoms with Gasteiger partial charge in [-0.3, -0.25) is 9.79 Å². The van der Waals surface area contributed by atoms with Crippen molar-refractivity contribution in [2.24, 2.45) is 4.99 Å². The number of hydrogen-bond donors (Lipinski definition) is 0. The van der Waals surface area contributed by atoms with Crippen molar-refractivity contribution in [3.05, 3.63) is 89.0 Å². The maximum atomic E-state index is 11.7. The third kappa shape index (κ3) is 21.5. The molecule has 0 aliphatic heterocycles. The van der Waals surface area contributed by atoms with Crippen LogP contribution in [0.25, 0.3) is 5.70 Å². The lowest BCUT2D eigenvalue weighted by molar-refractivity contribution is -0.126. The van der Waals surface area contributed by atoms with Gasteiger partial charge in [-0.2, -0.15) is 0 Å². The third-order valence-electron chi connectivity index (χ3n) is 5.28. The normalized spacial score (nSPS) is 10.8. The summed E-state index contributed by atoms with van der Waals surface area (Å²) in [5, 5.41) is 0. The minimum absolute atomic E-state index is 0.356. The summed E-state index contributed by atoms with van der Waals surface area (Å²) in [5.74, 6) is 1.11. The van der Waals surface area contributed by atoms with Gasteiger partial charge in [0.2, 0.25) is 0 Å². The molecule has 0 heterocycles. The van der Waals surface area contributed by atoms with Gasteiger partial charge in [-0.15, -0.1) is 0 Å². The summed E-state index contributed by atoms with van der Waals surface area (Å²) in [6.45, 7) is 24.0. The lowest BCUT2D eigenvalue weighted by atomic mass is 10.1. The van der Waals surface area contributed by atoms with Gasteiger partial charge in [0.15, 0.2) is 0 Å². The minimum atomic E-state index is -0.356. The number of nitrogens with zero attached hydrogens (tertiary/aromatic N) is 1. The zero-order chi connectivity index (χ0) is 35.8. The van der Waals surface area contributed by atoms with Gasteiger partial charge in [0.05, 0.1) is 38.7 Å². The molecule has 0 atom stereocenters. The molecular formula is C38H59NO7. The molecule has 0 aliphatic rings. The van der Waals surface area contributed by atoms with Crippen molar-refractivity contribution in [3.8, 4) is 11.5 Å². The molecule has 0 bridgehead atoms. The summed E-state index contributed by atoms with van der Waals surface area (Å²) in [6.07, 6.45) is 8.14. The summed E-state index contributed by atoms with van der Waals surface area (Å²) in [7, 11) is 2.68. The SMILES string of the molecule is CC.CC.CC.COC=O.C\C=C/C(C)=C\C(C)=N\C(=C/C)c1ccc(OCCOCCOc2ccc(C(=O)OC)c(C)c2)cc1. The van der Waals surface area contributed by atoms with Gasteiger partial charge >= 0.3 is 5.97 Å². The second kappa shape index (κ2) is 32.2. The van der Waals surface area contributed by atoms with Crippen molar-refractivity contribution in [3.63, 3.8) is 0 Å². The molecule has 0 radical (unpaired) electrons. The van der Waals surface area contributed by atoms with E-state index < -0.39 is 0 Å². The minimum Gasteiger partial charge on any atom is -0.491 e. The lowest BCUT2D eigenvalue weighted by Gasteiger charge is -2.10. The molecular weight excluding hydrogens is 582 g/mol. The Labute approximate surface area is 279 Å². The molecule has 2 aromatic rings. The fourth-order valence-electron chi connectivity index (χ4n) is 3.48. The van der Waals surface area contributed by atoms with E-state index in [0.717, 1.165) is 33.9 Å². The average molecular weight is 642 g/mol. The number of carbonyl (C=O) groups is 2. The molecule has 0 saturated heterocycles. The van der Waals surface area contributed by atoms with Gasteiger partial charge < -0.3 is 23.7 Å². The fourth-order valence-corrected chi connectivity index (χ4v) is 3.48. The number of hydrogen-bond acceptors (Lipinski definition) is 8. The zero-order valence-corrected chi connectivity index (χ0v) is 30.6. The Kier molecular flexibility index (Phi) is 32.4. The van der Waals surface area contributed by atoms with Gasteiger partial charge in [-0.05, 0) is 94.3 Å². The Morgan fingerprint density at radius 1 is 0.804 bits per heavy atom. The van der Waals surface area contributed by atoms with Gasteiger partial charge in [0.25, 0.3) is 6.47 Å². The summed E-state index contributed by atoms with van der Waals surface area (Å²) >= 11 is 0. The highest BCUT2D eigenvalue weighted by Crippen LogP contribution is 2.21. The van der Waals surface area contributed by atoms with Gasteiger partial charge in [0.1, 0.15) is 24.7 Å². The highest BCUT2D eigenvalue weighted by molar-refractivity contribution is 5.97. The molecule has 0 amide bonds. The number of methoxy groups -OCH3 is 2. The molecule has 0 aromatic heterocycles. The van der Waals surface area contributed by atoms with Crippen molar-refractivity contribution in [2.45, 2.75) is 76.2 Å². The van der Waals surface area contributed by atoms with Crippen molar-refractivity contribution in [2.75, 3.05) is 40.6 Å². The summed E-state index contributed by atoms with van der Waals surface area (Å²) in [4.78, 5) is 25.3. The molecule has 0 spiro atoms. The summed E-state index contributed by atoms with van der Waals surface area (Å²) < 4.78 is 25.7. The van der Waals surface area contributed by atoms with Gasteiger partial charge in [-0.1, -0.05) is 59.8 Å². The van der Waals surface area contributed by atoms with Crippen molar-refractivity contribution >= 4 is 23.9 Å². The first-order valence-corrected chi connectivity index (χ1v) is 15.9. The van der Waals surface area contributed by atoms with Crippen LogP contribution in [0.15, 0.2) is 77.3 Å². The number of benzene rings is 2. The van der Waals surface area contributed by atoms with Crippen LogP contribution in [0.1, 0.15) is 90.7 Å². The van der Waals surface area contributed by atoms with Crippen LogP contribution in [0.5, 0.6) is 11.5 Å². The molecule has 0 fully saturated rings. The smallest absolute Gasteiger partial charge is 0.338 e. The number of rotatable bonds is 14. The van der Waals surface area contributed by atoms with Crippen LogP contribution in [0, 0.1) is 6.92 Å². The first-order valence-electron chi connectivity index (χ1n) is 15.9. The first kappa shape index (κ1) is 46.3. The number of allylic oxidation sites excluding steroid dienone is 5. The predicted octanol–water partition coefficient (Wildman–Crippen LogP) is 9.47. The molecule has 258 valence electrons. The molecule has 8 heteroatoms. The predicted molar refractivity (Wildman–Crippen MR) is 193 cm³/mol. The number of carbonyl (C=O) groups excluding carboxylic acids is 2. The van der Waals surface area contributed by atoms with Crippen LogP contribution in [-0.2, 0) is 19.0 Å². The average Bonchev–Trinajstić information content (AvgIpc) is 3.09. The van der Waals surface area contributed by atoms with E-state index >= 15 is 0 Å². The standard InChI is InChI=1S/C30H37NO5.C2H4O2.3C2H6/c1-7-9-22(3)20-24(5)31-29(8-2)25-10-12-26(13-11-25)35-18-16-34-17-19-36-27-14-15-28(23(4)21-27)30(32)33-6;1-4-2-3;3*1-2/h7-15,20-21H,16-19H2,1-6H3;2H,1H3;3*1-2H3/b9-7-,22-20-,29-8-,31-24+;;;;. The van der Waals surface area contributed by atoms with Crippen LogP contribution >= 0.6 is 0 Å². The largest absolute Gasteiger partial charge is 0.491 e. The third-order valence-corrected chi connectivity index (χ3v) is 5.28. The monoisotopic (exact) mass is 641 g/mol. The Hall–Kier alpha value is -4.17. The highest BCUT2D eigenvalue weighted by atomic mass is 16.5. The Balaban J connectivity index is -0.00000165. The maximum absolute atomic E-state index is 11.7. The van der Waals surface area contributed by atoms with Crippen molar-refractivity contribution in [1.82, 2.24) is 0 Å². The van der Waals surface area contributed by atoms with Crippen LogP contribution in [0.2, 0.25) is 0 Å². The van der Waals surface area contributed by atoms with E-state index in [2.05, 4.69) is 23.8 Å². The van der Waals surface area contributed by atoms with Crippen LogP contribution < -0.4 is 9.47 Å². The summed E-state index contributed by atoms with van der Waals surface area (Å²) in [5.41, 5.74) is 5.40. The van der Waals surface area contributed by atoms with E-state index in [9.17, 15) is 4.79 Å². The van der Waals surface area contributed by atoms with E-state index in [4.69, 9.17) is 28.7 Å². The van der Waals surface area contributed by atoms with Crippen LogP contribution in [0.4, 0.5) is 0 Å². The molecule has 0 aliphatic carbocycles. The topological polar surface area (TPSA) is 92.7 Å². The number of aliphatic imine (C=N–C) groups is 1. The van der Waals surface area contributed by atoms with Crippen LogP contribution in [-0.4, -0.2) is 58.8 Å². The van der Waals surface area contributed by atoms with Gasteiger partial charge in [0, 0.05) is 11.3 Å². The van der Waals surface area contributed by atoms with E-state index in [0.29, 0.717) is 44.2 Å². The fraction of sp³-hybridized carbons (Fsp3) is 0.447. The first-order chi connectivity index (χ1) is 22.3. The zero-order valence-electron chi connectivity index (χ0n) is 30.6. The molecule has 46 heavy (non-hydrogen) atoms. The Morgan fingerprint density at radius 3 is 1.78 bits per heavy atom. The number of ether oxygens (including phenoxy) is 5. The van der Waals surface area contributed by atoms with Gasteiger partial charge in [-0.25, -0.2) is 4.79 Å². The summed E-state index contributed by atoms with van der Waals surface area (Å²) in [6, 6.07) is 13.2. The molecule has 0 saturated carbocycles. The number of aryl methyl sites for hydroxylation is 1. The van der Waals surface area contributed by atoms with Crippen molar-refractivity contribution < 1.29 is 33.3 Å². The Bertz CT molecular complexity index is 1180. The van der Waals surface area contributed by atoms with E-state index in [1.807, 2.05) is 112 Å². The number of esters is 1. The van der Waals surface area contributed by atoms with E-state index in [1.54, 1.807) is 12.1 Å². The molecule has 2 rings (SSSR count). The van der Waals surface area contributed by atoms with E-state index in [1.165, 1.54) is 14.2 Å². The lowest BCUT2D eigenvalue weighted by Crippen LogP contribution is -2.12. The quantitative estimate of drug-likeness (QED) is 0.0667. The Morgan fingerprint density at radius 2 is 1.33 bits per heavy atom. The molecule has 8 nitrogen and oxygen atoms in total. The molecule has 0 N–H and O–H groups in total. The van der Waals surface area contributed by atoms with Crippen molar-refractivity contribution in [1.29, 1.82) is 0 Å². The molecule has 2 aromatic carbocycles.